The molecule has 1 aliphatic rings. The summed E-state index contributed by atoms with van der Waals surface area (Å²) < 4.78 is 26.3. The lowest BCUT2D eigenvalue weighted by molar-refractivity contribution is 0.178. The highest BCUT2D eigenvalue weighted by atomic mass is 35.5. The van der Waals surface area contributed by atoms with Crippen LogP contribution in [0.2, 0.25) is 10.2 Å². The number of hydrogen-bond donors (Lipinski definition) is 1. The van der Waals surface area contributed by atoms with Crippen LogP contribution in [0.3, 0.4) is 0 Å². The number of sulfonamides is 1. The zero-order valence-corrected chi connectivity index (χ0v) is 12.4. The minimum Gasteiger partial charge on any atom is -0.395 e. The molecule has 0 aromatic carbocycles. The molecule has 1 aromatic rings. The van der Waals surface area contributed by atoms with E-state index in [1.165, 1.54) is 16.6 Å². The van der Waals surface area contributed by atoms with Gasteiger partial charge in [-0.05, 0) is 18.9 Å². The van der Waals surface area contributed by atoms with E-state index in [9.17, 15) is 8.42 Å². The molecule has 1 N–H and O–H groups in total. The summed E-state index contributed by atoms with van der Waals surface area (Å²) >= 11 is 11.5. The number of halogens is 2. The summed E-state index contributed by atoms with van der Waals surface area (Å²) in [5.41, 5.74) is 0. The van der Waals surface area contributed by atoms with Gasteiger partial charge in [-0.25, -0.2) is 13.4 Å². The lowest BCUT2D eigenvalue weighted by atomic mass is 9.93. The first-order valence-corrected chi connectivity index (χ1v) is 8.10. The Kier molecular flexibility index (Phi) is 4.68. The van der Waals surface area contributed by atoms with E-state index < -0.39 is 10.0 Å². The summed E-state index contributed by atoms with van der Waals surface area (Å²) in [6.07, 6.45) is 3.82. The van der Waals surface area contributed by atoms with Crippen LogP contribution in [0, 0.1) is 0 Å². The van der Waals surface area contributed by atoms with E-state index in [4.69, 9.17) is 28.3 Å². The molecule has 0 atom stereocenters. The van der Waals surface area contributed by atoms with E-state index in [0.29, 0.717) is 0 Å². The first-order valence-electron chi connectivity index (χ1n) is 5.90. The number of hydrogen-bond acceptors (Lipinski definition) is 4. The second kappa shape index (κ2) is 5.93. The van der Waals surface area contributed by atoms with Crippen molar-refractivity contribution >= 4 is 33.2 Å². The standard InChI is InChI=1S/C11H14Cl2N2O3S/c12-10-6-9(7-14-11(10)13)19(17,18)15(4-5-16)8-2-1-3-8/h6-8,16H,1-5H2. The number of aliphatic hydroxyl groups is 1. The summed E-state index contributed by atoms with van der Waals surface area (Å²) in [6.45, 7) is -0.141. The fraction of sp³-hybridized carbons (Fsp3) is 0.545. The summed E-state index contributed by atoms with van der Waals surface area (Å²) in [5, 5.41) is 9.21. The van der Waals surface area contributed by atoms with Gasteiger partial charge in [0.15, 0.2) is 0 Å². The fourth-order valence-corrected chi connectivity index (χ4v) is 3.94. The third kappa shape index (κ3) is 3.03. The van der Waals surface area contributed by atoms with Gasteiger partial charge in [0.2, 0.25) is 10.0 Å². The summed E-state index contributed by atoms with van der Waals surface area (Å²) in [7, 11) is -3.69. The molecule has 5 nitrogen and oxygen atoms in total. The van der Waals surface area contributed by atoms with Gasteiger partial charge in [-0.15, -0.1) is 0 Å². The molecule has 1 fully saturated rings. The van der Waals surface area contributed by atoms with Crippen molar-refractivity contribution in [2.45, 2.75) is 30.2 Å². The molecule has 8 heteroatoms. The molecule has 0 aliphatic heterocycles. The lowest BCUT2D eigenvalue weighted by Gasteiger charge is -2.36. The van der Waals surface area contributed by atoms with Crippen molar-refractivity contribution < 1.29 is 13.5 Å². The van der Waals surface area contributed by atoms with Crippen LogP contribution in [0.1, 0.15) is 19.3 Å². The van der Waals surface area contributed by atoms with Crippen LogP contribution in [0.4, 0.5) is 0 Å². The number of rotatable bonds is 5. The second-order valence-electron chi connectivity index (χ2n) is 4.37. The van der Waals surface area contributed by atoms with Crippen molar-refractivity contribution in [1.82, 2.24) is 9.29 Å². The first-order chi connectivity index (χ1) is 8.96. The lowest BCUT2D eigenvalue weighted by Crippen LogP contribution is -2.45. The molecule has 1 aliphatic carbocycles. The maximum Gasteiger partial charge on any atom is 0.244 e. The van der Waals surface area contributed by atoms with E-state index in [2.05, 4.69) is 4.98 Å². The molecule has 19 heavy (non-hydrogen) atoms. The van der Waals surface area contributed by atoms with Gasteiger partial charge >= 0.3 is 0 Å². The maximum absolute atomic E-state index is 12.5. The number of aromatic nitrogens is 1. The maximum atomic E-state index is 12.5. The highest BCUT2D eigenvalue weighted by Crippen LogP contribution is 2.31. The predicted octanol–water partition coefficient (Wildman–Crippen LogP) is 1.92. The fourth-order valence-electron chi connectivity index (χ4n) is 1.95. The van der Waals surface area contributed by atoms with E-state index in [1.54, 1.807) is 0 Å². The number of pyridine rings is 1. The monoisotopic (exact) mass is 324 g/mol. The van der Waals surface area contributed by atoms with Crippen molar-refractivity contribution in [1.29, 1.82) is 0 Å². The Hall–Kier alpha value is -0.400. The Balaban J connectivity index is 2.35. The van der Waals surface area contributed by atoms with Crippen molar-refractivity contribution in [3.05, 3.63) is 22.4 Å². The molecular weight excluding hydrogens is 311 g/mol. The van der Waals surface area contributed by atoms with E-state index in [1.807, 2.05) is 0 Å². The minimum atomic E-state index is -3.69. The Morgan fingerprint density at radius 3 is 2.58 bits per heavy atom. The zero-order chi connectivity index (χ0) is 14.0. The van der Waals surface area contributed by atoms with Crippen LogP contribution in [-0.4, -0.2) is 42.0 Å². The predicted molar refractivity (Wildman–Crippen MR) is 72.9 cm³/mol. The van der Waals surface area contributed by atoms with Crippen LogP contribution < -0.4 is 0 Å². The highest BCUT2D eigenvalue weighted by molar-refractivity contribution is 7.89. The smallest absolute Gasteiger partial charge is 0.244 e. The largest absolute Gasteiger partial charge is 0.395 e. The van der Waals surface area contributed by atoms with Gasteiger partial charge in [-0.2, -0.15) is 4.31 Å². The van der Waals surface area contributed by atoms with Gasteiger partial charge in [0, 0.05) is 18.8 Å². The number of nitrogens with zero attached hydrogens (tertiary/aromatic N) is 2. The number of aliphatic hydroxyl groups excluding tert-OH is 1. The molecule has 0 radical (unpaired) electrons. The average molecular weight is 325 g/mol. The summed E-state index contributed by atoms with van der Waals surface area (Å²) in [6, 6.07) is 1.24. The zero-order valence-electron chi connectivity index (χ0n) is 10.1. The van der Waals surface area contributed by atoms with Gasteiger partial charge in [0.1, 0.15) is 10.0 Å². The van der Waals surface area contributed by atoms with Crippen LogP contribution >= 0.6 is 23.2 Å². The molecular formula is C11H14Cl2N2O3S. The Morgan fingerprint density at radius 1 is 1.42 bits per heavy atom. The van der Waals surface area contributed by atoms with Gasteiger partial charge in [-0.1, -0.05) is 29.6 Å². The van der Waals surface area contributed by atoms with Crippen LogP contribution in [0.25, 0.3) is 0 Å². The van der Waals surface area contributed by atoms with Crippen LogP contribution in [0.5, 0.6) is 0 Å². The molecule has 106 valence electrons. The summed E-state index contributed by atoms with van der Waals surface area (Å²) in [4.78, 5) is 3.76. The van der Waals surface area contributed by atoms with Gasteiger partial charge in [0.25, 0.3) is 0 Å². The topological polar surface area (TPSA) is 70.5 Å². The Labute approximate surface area is 122 Å². The van der Waals surface area contributed by atoms with Crippen LogP contribution in [-0.2, 0) is 10.0 Å². The third-order valence-corrected chi connectivity index (χ3v) is 5.78. The molecule has 0 spiro atoms. The molecule has 1 saturated carbocycles. The van der Waals surface area contributed by atoms with Gasteiger partial charge in [-0.3, -0.25) is 0 Å². The third-order valence-electron chi connectivity index (χ3n) is 3.18. The second-order valence-corrected chi connectivity index (χ2v) is 7.02. The van der Waals surface area contributed by atoms with Gasteiger partial charge in [0.05, 0.1) is 11.6 Å². The Bertz CT molecular complexity index is 561. The SMILES string of the molecule is O=S(=O)(c1cnc(Cl)c(Cl)c1)N(CCO)C1CCC1. The van der Waals surface area contributed by atoms with Gasteiger partial charge < -0.3 is 5.11 Å². The van der Waals surface area contributed by atoms with Crippen LogP contribution in [0.15, 0.2) is 17.2 Å². The van der Waals surface area contributed by atoms with Crippen molar-refractivity contribution in [3.8, 4) is 0 Å². The van der Waals surface area contributed by atoms with E-state index >= 15 is 0 Å². The molecule has 1 heterocycles. The highest BCUT2D eigenvalue weighted by Gasteiger charge is 2.34. The normalized spacial score (nSPS) is 16.6. The van der Waals surface area contributed by atoms with E-state index in [-0.39, 0.29) is 34.3 Å². The Morgan fingerprint density at radius 2 is 2.11 bits per heavy atom. The molecule has 0 saturated heterocycles. The quantitative estimate of drug-likeness (QED) is 0.840. The molecule has 1 aromatic heterocycles. The van der Waals surface area contributed by atoms with Crippen molar-refractivity contribution in [2.24, 2.45) is 0 Å². The minimum absolute atomic E-state index is 0.00208. The molecule has 2 rings (SSSR count). The molecule has 0 bridgehead atoms. The molecule has 0 unspecified atom stereocenters. The first kappa shape index (κ1) is 15.0. The molecule has 0 amide bonds. The van der Waals surface area contributed by atoms with E-state index in [0.717, 1.165) is 19.3 Å². The average Bonchev–Trinajstić information content (AvgIpc) is 2.29. The van der Waals surface area contributed by atoms with Crippen molar-refractivity contribution in [2.75, 3.05) is 13.2 Å². The summed E-state index contributed by atoms with van der Waals surface area (Å²) in [5.74, 6) is 0. The van der Waals surface area contributed by atoms with Crippen molar-refractivity contribution in [3.63, 3.8) is 0 Å².